The normalized spacial score (nSPS) is 25.1. The van der Waals surface area contributed by atoms with E-state index in [1.54, 1.807) is 6.07 Å². The monoisotopic (exact) mass is 253 g/mol. The van der Waals surface area contributed by atoms with E-state index in [-0.39, 0.29) is 23.2 Å². The molecular formula is C14H20FNO2. The fraction of sp³-hybridized carbons (Fsp3) is 0.571. The Hall–Kier alpha value is -1.13. The van der Waals surface area contributed by atoms with Crippen LogP contribution in [0.1, 0.15) is 31.4 Å². The fourth-order valence-corrected chi connectivity index (χ4v) is 2.72. The Morgan fingerprint density at radius 1 is 1.50 bits per heavy atom. The summed E-state index contributed by atoms with van der Waals surface area (Å²) in [6.07, 6.45) is 2.03. The van der Waals surface area contributed by atoms with Gasteiger partial charge in [-0.15, -0.1) is 0 Å². The van der Waals surface area contributed by atoms with Crippen LogP contribution in [0.25, 0.3) is 0 Å². The molecule has 1 aromatic rings. The van der Waals surface area contributed by atoms with Crippen molar-refractivity contribution in [1.29, 1.82) is 0 Å². The summed E-state index contributed by atoms with van der Waals surface area (Å²) in [5.74, 6) is -0.0667. The highest BCUT2D eigenvalue weighted by molar-refractivity contribution is 5.32. The Bertz CT molecular complexity index is 416. The summed E-state index contributed by atoms with van der Waals surface area (Å²) in [4.78, 5) is 0. The maximum atomic E-state index is 13.8. The molecule has 3 nitrogen and oxygen atoms in total. The van der Waals surface area contributed by atoms with Crippen LogP contribution in [0.15, 0.2) is 18.2 Å². The standard InChI is InChI=1S/C14H20FNO2/c1-14(7-4-8-18-14)13(16-2)10-5-6-12(17-3)11(15)9-10/h5-6,9,13,16H,4,7-8H2,1-3H3. The molecule has 1 N–H and O–H groups in total. The minimum atomic E-state index is -0.336. The molecule has 0 aliphatic carbocycles. The lowest BCUT2D eigenvalue weighted by Gasteiger charge is -2.33. The third-order valence-electron chi connectivity index (χ3n) is 3.66. The van der Waals surface area contributed by atoms with Gasteiger partial charge in [-0.25, -0.2) is 4.39 Å². The van der Waals surface area contributed by atoms with Gasteiger partial charge >= 0.3 is 0 Å². The topological polar surface area (TPSA) is 30.5 Å². The van der Waals surface area contributed by atoms with Gasteiger partial charge in [0, 0.05) is 6.61 Å². The van der Waals surface area contributed by atoms with Crippen LogP contribution < -0.4 is 10.1 Å². The molecule has 0 saturated carbocycles. The molecule has 0 amide bonds. The number of ether oxygens (including phenoxy) is 2. The Morgan fingerprint density at radius 2 is 2.28 bits per heavy atom. The number of rotatable bonds is 4. The first kappa shape index (κ1) is 13.3. The lowest BCUT2D eigenvalue weighted by atomic mass is 9.88. The molecule has 1 aliphatic heterocycles. The quantitative estimate of drug-likeness (QED) is 0.895. The number of hydrogen-bond donors (Lipinski definition) is 1. The predicted octanol–water partition coefficient (Wildman–Crippen LogP) is 2.66. The van der Waals surface area contributed by atoms with Crippen LogP contribution in [-0.2, 0) is 4.74 Å². The van der Waals surface area contributed by atoms with Gasteiger partial charge in [0.1, 0.15) is 0 Å². The summed E-state index contributed by atoms with van der Waals surface area (Å²) in [6, 6.07) is 5.05. The van der Waals surface area contributed by atoms with E-state index in [0.717, 1.165) is 25.0 Å². The first-order valence-corrected chi connectivity index (χ1v) is 6.25. The second-order valence-electron chi connectivity index (χ2n) is 4.88. The SMILES string of the molecule is CNC(c1ccc(OC)c(F)c1)C1(C)CCCO1. The Balaban J connectivity index is 2.30. The van der Waals surface area contributed by atoms with Crippen molar-refractivity contribution >= 4 is 0 Å². The van der Waals surface area contributed by atoms with Crippen molar-refractivity contribution in [2.24, 2.45) is 0 Å². The third kappa shape index (κ3) is 2.35. The number of likely N-dealkylation sites (N-methyl/N-ethyl adjacent to an activating group) is 1. The number of benzene rings is 1. The Morgan fingerprint density at radius 3 is 2.78 bits per heavy atom. The second-order valence-corrected chi connectivity index (χ2v) is 4.88. The molecule has 1 aliphatic rings. The van der Waals surface area contributed by atoms with Crippen LogP contribution in [0.5, 0.6) is 5.75 Å². The fourth-order valence-electron chi connectivity index (χ4n) is 2.72. The van der Waals surface area contributed by atoms with E-state index in [2.05, 4.69) is 12.2 Å². The van der Waals surface area contributed by atoms with Crippen molar-refractivity contribution in [3.05, 3.63) is 29.6 Å². The van der Waals surface area contributed by atoms with Gasteiger partial charge in [-0.3, -0.25) is 0 Å². The molecule has 2 rings (SSSR count). The minimum Gasteiger partial charge on any atom is -0.494 e. The van der Waals surface area contributed by atoms with Gasteiger partial charge in [0.2, 0.25) is 0 Å². The molecule has 1 fully saturated rings. The van der Waals surface area contributed by atoms with Crippen molar-refractivity contribution < 1.29 is 13.9 Å². The second kappa shape index (κ2) is 5.24. The third-order valence-corrected chi connectivity index (χ3v) is 3.66. The number of halogens is 1. The van der Waals surface area contributed by atoms with Crippen molar-refractivity contribution in [3.63, 3.8) is 0 Å². The molecule has 1 heterocycles. The summed E-state index contributed by atoms with van der Waals surface area (Å²) in [5, 5.41) is 3.23. The lowest BCUT2D eigenvalue weighted by Crippen LogP contribution is -2.39. The average Bonchev–Trinajstić information content (AvgIpc) is 2.78. The van der Waals surface area contributed by atoms with Crippen LogP contribution in [0.4, 0.5) is 4.39 Å². The number of nitrogens with one attached hydrogen (secondary N) is 1. The van der Waals surface area contributed by atoms with E-state index in [4.69, 9.17) is 9.47 Å². The summed E-state index contributed by atoms with van der Waals surface area (Å²) in [7, 11) is 3.34. The summed E-state index contributed by atoms with van der Waals surface area (Å²) in [5.41, 5.74) is 0.621. The molecule has 18 heavy (non-hydrogen) atoms. The van der Waals surface area contributed by atoms with Crippen molar-refractivity contribution in [1.82, 2.24) is 5.32 Å². The van der Waals surface area contributed by atoms with Gasteiger partial charge in [-0.2, -0.15) is 0 Å². The molecule has 0 aromatic heterocycles. The maximum Gasteiger partial charge on any atom is 0.165 e. The van der Waals surface area contributed by atoms with Crippen LogP contribution in [0, 0.1) is 5.82 Å². The molecule has 1 aromatic carbocycles. The van der Waals surface area contributed by atoms with E-state index in [9.17, 15) is 4.39 Å². The summed E-state index contributed by atoms with van der Waals surface area (Å²) >= 11 is 0. The van der Waals surface area contributed by atoms with E-state index >= 15 is 0 Å². The smallest absolute Gasteiger partial charge is 0.165 e. The van der Waals surface area contributed by atoms with Gasteiger partial charge in [0.05, 0.1) is 18.8 Å². The van der Waals surface area contributed by atoms with Gasteiger partial charge in [0.25, 0.3) is 0 Å². The van der Waals surface area contributed by atoms with E-state index in [1.807, 2.05) is 13.1 Å². The Kier molecular flexibility index (Phi) is 3.88. The van der Waals surface area contributed by atoms with Crippen molar-refractivity contribution in [3.8, 4) is 5.75 Å². The molecule has 100 valence electrons. The zero-order valence-corrected chi connectivity index (χ0v) is 11.1. The molecule has 0 spiro atoms. The highest BCUT2D eigenvalue weighted by atomic mass is 19.1. The largest absolute Gasteiger partial charge is 0.494 e. The summed E-state index contributed by atoms with van der Waals surface area (Å²) < 4.78 is 24.5. The van der Waals surface area contributed by atoms with Gasteiger partial charge in [-0.1, -0.05) is 6.07 Å². The first-order chi connectivity index (χ1) is 8.60. The van der Waals surface area contributed by atoms with Crippen LogP contribution in [0.2, 0.25) is 0 Å². The average molecular weight is 253 g/mol. The zero-order valence-electron chi connectivity index (χ0n) is 11.1. The number of methoxy groups -OCH3 is 1. The molecule has 2 unspecified atom stereocenters. The van der Waals surface area contributed by atoms with E-state index in [0.29, 0.717) is 0 Å². The molecule has 0 bridgehead atoms. The maximum absolute atomic E-state index is 13.8. The van der Waals surface area contributed by atoms with Crippen molar-refractivity contribution in [2.45, 2.75) is 31.4 Å². The molecule has 4 heteroatoms. The molecular weight excluding hydrogens is 233 g/mol. The first-order valence-electron chi connectivity index (χ1n) is 6.25. The van der Waals surface area contributed by atoms with Crippen LogP contribution in [0.3, 0.4) is 0 Å². The minimum absolute atomic E-state index is 0.0135. The van der Waals surface area contributed by atoms with Crippen LogP contribution >= 0.6 is 0 Å². The predicted molar refractivity (Wildman–Crippen MR) is 68.3 cm³/mol. The Labute approximate surface area is 107 Å². The number of hydrogen-bond acceptors (Lipinski definition) is 3. The van der Waals surface area contributed by atoms with E-state index in [1.165, 1.54) is 13.2 Å². The zero-order chi connectivity index (χ0) is 13.2. The van der Waals surface area contributed by atoms with Crippen molar-refractivity contribution in [2.75, 3.05) is 20.8 Å². The molecule has 2 atom stereocenters. The highest BCUT2D eigenvalue weighted by Crippen LogP contribution is 2.38. The molecule has 0 radical (unpaired) electrons. The van der Waals surface area contributed by atoms with E-state index < -0.39 is 0 Å². The van der Waals surface area contributed by atoms with Gasteiger partial charge < -0.3 is 14.8 Å². The summed E-state index contributed by atoms with van der Waals surface area (Å²) in [6.45, 7) is 2.84. The van der Waals surface area contributed by atoms with Gasteiger partial charge in [0.15, 0.2) is 11.6 Å². The highest BCUT2D eigenvalue weighted by Gasteiger charge is 2.38. The van der Waals surface area contributed by atoms with Gasteiger partial charge in [-0.05, 0) is 44.5 Å². The van der Waals surface area contributed by atoms with Crippen LogP contribution in [-0.4, -0.2) is 26.4 Å². The lowest BCUT2D eigenvalue weighted by molar-refractivity contribution is -0.0105. The molecule has 1 saturated heterocycles.